The summed E-state index contributed by atoms with van der Waals surface area (Å²) in [4.78, 5) is 0. The Labute approximate surface area is 154 Å². The summed E-state index contributed by atoms with van der Waals surface area (Å²) in [6.45, 7) is 0. The zero-order valence-corrected chi connectivity index (χ0v) is 15.8. The van der Waals surface area contributed by atoms with Gasteiger partial charge in [0, 0.05) is 10.8 Å². The molecule has 1 aromatic heterocycles. The van der Waals surface area contributed by atoms with E-state index in [1.165, 1.54) is 32.3 Å². The highest BCUT2D eigenvalue weighted by Gasteiger charge is 2.08. The monoisotopic (exact) mass is 350 g/mol. The van der Waals surface area contributed by atoms with E-state index in [0.717, 1.165) is 11.2 Å². The summed E-state index contributed by atoms with van der Waals surface area (Å²) < 4.78 is 6.05. The van der Waals surface area contributed by atoms with Crippen molar-refractivity contribution in [1.29, 1.82) is 0 Å². The van der Waals surface area contributed by atoms with Gasteiger partial charge in [0.05, 0.1) is 9.52 Å². The van der Waals surface area contributed by atoms with Gasteiger partial charge in [0.15, 0.2) is 0 Å². The Morgan fingerprint density at radius 2 is 1.23 bits per heavy atom. The molecule has 5 aromatic rings. The molecule has 26 heavy (non-hydrogen) atoms. The highest BCUT2D eigenvalue weighted by Crippen LogP contribution is 2.31. The normalized spacial score (nSPS) is 11.7. The highest BCUT2D eigenvalue weighted by molar-refractivity contribution is 6.67. The van der Waals surface area contributed by atoms with Crippen LogP contribution in [0.3, 0.4) is 0 Å². The van der Waals surface area contributed by atoms with E-state index in [-0.39, 0.29) is 0 Å². The summed E-state index contributed by atoms with van der Waals surface area (Å²) in [5.74, 6) is 0. The maximum absolute atomic E-state index is 6.05. The zero-order valence-electron chi connectivity index (χ0n) is 14.4. The van der Waals surface area contributed by atoms with E-state index < -0.39 is 9.52 Å². The Morgan fingerprint density at radius 1 is 0.500 bits per heavy atom. The summed E-state index contributed by atoms with van der Waals surface area (Å²) in [5, 5.41) is 5.29. The minimum Gasteiger partial charge on any atom is -0.456 e. The second kappa shape index (κ2) is 6.32. The van der Waals surface area contributed by atoms with Crippen LogP contribution in [-0.4, -0.2) is 9.52 Å². The summed E-state index contributed by atoms with van der Waals surface area (Å²) in [6.07, 6.45) is 0. The van der Waals surface area contributed by atoms with E-state index in [1.54, 1.807) is 0 Å². The van der Waals surface area contributed by atoms with Crippen molar-refractivity contribution in [2.24, 2.45) is 0 Å². The molecule has 1 nitrogen and oxygen atoms in total. The molecule has 0 saturated carbocycles. The van der Waals surface area contributed by atoms with Gasteiger partial charge in [-0.05, 0) is 29.3 Å². The minimum absolute atomic E-state index is 0.445. The van der Waals surface area contributed by atoms with Crippen LogP contribution in [0.15, 0.2) is 101 Å². The fourth-order valence-electron chi connectivity index (χ4n) is 3.60. The van der Waals surface area contributed by atoms with Gasteiger partial charge in [0.2, 0.25) is 0 Å². The van der Waals surface area contributed by atoms with Gasteiger partial charge in [-0.2, -0.15) is 0 Å². The molecule has 0 aliphatic carbocycles. The Kier molecular flexibility index (Phi) is 3.69. The molecule has 2 heteroatoms. The molecular weight excluding hydrogens is 332 g/mol. The Balaban J connectivity index is 1.55. The van der Waals surface area contributed by atoms with Crippen LogP contribution in [0.5, 0.6) is 0 Å². The molecule has 0 unspecified atom stereocenters. The fraction of sp³-hybridized carbons (Fsp3) is 0. The zero-order chi connectivity index (χ0) is 17.3. The molecular formula is C24H18OSi. The van der Waals surface area contributed by atoms with Gasteiger partial charge in [0.25, 0.3) is 0 Å². The first-order valence-corrected chi connectivity index (χ1v) is 10.3. The molecule has 0 aliphatic heterocycles. The van der Waals surface area contributed by atoms with Crippen molar-refractivity contribution in [3.63, 3.8) is 0 Å². The molecule has 0 aliphatic rings. The van der Waals surface area contributed by atoms with Crippen LogP contribution < -0.4 is 10.4 Å². The minimum atomic E-state index is -0.445. The average Bonchev–Trinajstić information content (AvgIpc) is 3.07. The SMILES string of the molecule is c1ccc([SiH2]c2cccc(-c3ccc4c(c3)oc3ccccc34)c2)cc1. The van der Waals surface area contributed by atoms with E-state index in [0.29, 0.717) is 0 Å². The lowest BCUT2D eigenvalue weighted by Crippen LogP contribution is -2.26. The van der Waals surface area contributed by atoms with Crippen molar-refractivity contribution in [1.82, 2.24) is 0 Å². The van der Waals surface area contributed by atoms with Crippen molar-refractivity contribution < 1.29 is 4.42 Å². The molecule has 0 spiro atoms. The number of hydrogen-bond donors (Lipinski definition) is 0. The summed E-state index contributed by atoms with van der Waals surface area (Å²) in [5.41, 5.74) is 4.37. The van der Waals surface area contributed by atoms with Crippen molar-refractivity contribution in [2.45, 2.75) is 0 Å². The standard InChI is InChI=1S/C24H18OSi/c1-2-8-19(9-3-1)26-20-10-6-7-17(15-20)18-13-14-22-21-11-4-5-12-23(21)25-24(22)16-18/h1-16H,26H2. The van der Waals surface area contributed by atoms with Crippen LogP contribution in [0, 0.1) is 0 Å². The summed E-state index contributed by atoms with van der Waals surface area (Å²) in [6, 6.07) is 34.5. The predicted molar refractivity (Wildman–Crippen MR) is 113 cm³/mol. The molecule has 0 saturated heterocycles. The van der Waals surface area contributed by atoms with Crippen molar-refractivity contribution in [3.8, 4) is 11.1 Å². The quantitative estimate of drug-likeness (QED) is 0.440. The Morgan fingerprint density at radius 3 is 2.15 bits per heavy atom. The van der Waals surface area contributed by atoms with Crippen LogP contribution in [0.1, 0.15) is 0 Å². The van der Waals surface area contributed by atoms with Gasteiger partial charge in [-0.15, -0.1) is 0 Å². The number of hydrogen-bond acceptors (Lipinski definition) is 1. The first kappa shape index (κ1) is 15.2. The van der Waals surface area contributed by atoms with E-state index in [1.807, 2.05) is 12.1 Å². The third-order valence-electron chi connectivity index (χ3n) is 4.89. The molecule has 0 fully saturated rings. The number of rotatable bonds is 3. The Hall–Kier alpha value is -3.10. The lowest BCUT2D eigenvalue weighted by molar-refractivity contribution is 0.669. The molecule has 0 amide bonds. The Bertz CT molecular complexity index is 1200. The van der Waals surface area contributed by atoms with Crippen LogP contribution in [0.2, 0.25) is 0 Å². The summed E-state index contributed by atoms with van der Waals surface area (Å²) in [7, 11) is -0.445. The van der Waals surface area contributed by atoms with Crippen LogP contribution >= 0.6 is 0 Å². The van der Waals surface area contributed by atoms with Gasteiger partial charge in [-0.3, -0.25) is 0 Å². The van der Waals surface area contributed by atoms with Crippen molar-refractivity contribution in [3.05, 3.63) is 97.1 Å². The van der Waals surface area contributed by atoms with Gasteiger partial charge in [-0.1, -0.05) is 89.2 Å². The van der Waals surface area contributed by atoms with Crippen LogP contribution in [-0.2, 0) is 0 Å². The number of furan rings is 1. The van der Waals surface area contributed by atoms with E-state index in [9.17, 15) is 0 Å². The highest BCUT2D eigenvalue weighted by atomic mass is 28.2. The third kappa shape index (κ3) is 2.75. The van der Waals surface area contributed by atoms with Crippen LogP contribution in [0.4, 0.5) is 0 Å². The third-order valence-corrected chi connectivity index (χ3v) is 6.62. The molecule has 5 rings (SSSR count). The maximum Gasteiger partial charge on any atom is 0.136 e. The van der Waals surface area contributed by atoms with Gasteiger partial charge < -0.3 is 4.42 Å². The summed E-state index contributed by atoms with van der Waals surface area (Å²) >= 11 is 0. The second-order valence-electron chi connectivity index (χ2n) is 6.67. The topological polar surface area (TPSA) is 13.1 Å². The van der Waals surface area contributed by atoms with Gasteiger partial charge in [0.1, 0.15) is 11.2 Å². The van der Waals surface area contributed by atoms with Crippen molar-refractivity contribution in [2.75, 3.05) is 0 Å². The molecule has 0 radical (unpaired) electrons. The molecule has 4 aromatic carbocycles. The predicted octanol–water partition coefficient (Wildman–Crippen LogP) is 4.37. The van der Waals surface area contributed by atoms with Crippen LogP contribution in [0.25, 0.3) is 33.1 Å². The lowest BCUT2D eigenvalue weighted by atomic mass is 10.0. The fourth-order valence-corrected chi connectivity index (χ4v) is 5.15. The molecule has 1 heterocycles. The molecule has 0 N–H and O–H groups in total. The van der Waals surface area contributed by atoms with E-state index in [2.05, 4.69) is 84.9 Å². The van der Waals surface area contributed by atoms with E-state index >= 15 is 0 Å². The molecule has 124 valence electrons. The van der Waals surface area contributed by atoms with Gasteiger partial charge >= 0.3 is 0 Å². The largest absolute Gasteiger partial charge is 0.456 e. The smallest absolute Gasteiger partial charge is 0.136 e. The number of fused-ring (bicyclic) bond motifs is 3. The first-order valence-electron chi connectivity index (χ1n) is 8.91. The van der Waals surface area contributed by atoms with Gasteiger partial charge in [-0.25, -0.2) is 0 Å². The average molecular weight is 350 g/mol. The second-order valence-corrected chi connectivity index (χ2v) is 8.66. The van der Waals surface area contributed by atoms with Crippen molar-refractivity contribution >= 4 is 41.8 Å². The first-order chi connectivity index (χ1) is 12.9. The number of benzene rings is 4. The lowest BCUT2D eigenvalue weighted by Gasteiger charge is -2.06. The van der Waals surface area contributed by atoms with E-state index in [4.69, 9.17) is 4.42 Å². The molecule has 0 bridgehead atoms. The molecule has 0 atom stereocenters. The number of para-hydroxylation sites is 1. The maximum atomic E-state index is 6.05.